The van der Waals surface area contributed by atoms with Gasteiger partial charge in [0.25, 0.3) is 10.0 Å². The Labute approximate surface area is 179 Å². The van der Waals surface area contributed by atoms with E-state index in [9.17, 15) is 22.7 Å². The van der Waals surface area contributed by atoms with Gasteiger partial charge in [-0.05, 0) is 59.2 Å². The zero-order chi connectivity index (χ0) is 22.1. The summed E-state index contributed by atoms with van der Waals surface area (Å²) in [4.78, 5) is 11.2. The van der Waals surface area contributed by atoms with Gasteiger partial charge in [-0.2, -0.15) is 11.3 Å². The third kappa shape index (κ3) is 4.73. The van der Waals surface area contributed by atoms with Gasteiger partial charge in [0.2, 0.25) is 0 Å². The third-order valence-electron chi connectivity index (χ3n) is 4.81. The Morgan fingerprint density at radius 2 is 1.90 bits per heavy atom. The maximum atomic E-state index is 13.3. The molecule has 0 fully saturated rings. The molecule has 0 bridgehead atoms. The number of nitrogens with one attached hydrogen (secondary N) is 1. The lowest BCUT2D eigenvalue weighted by Crippen LogP contribution is -2.44. The number of amides is 1. The summed E-state index contributed by atoms with van der Waals surface area (Å²) >= 11 is 1.44. The van der Waals surface area contributed by atoms with Crippen LogP contribution in [0.2, 0.25) is 0 Å². The fraction of sp³-hybridized carbons (Fsp3) is 0.286. The molecule has 2 N–H and O–H groups in total. The molecule has 3 rings (SSSR count). The van der Waals surface area contributed by atoms with E-state index >= 15 is 0 Å². The van der Waals surface area contributed by atoms with Crippen molar-refractivity contribution < 1.29 is 22.7 Å². The average molecular weight is 451 g/mol. The summed E-state index contributed by atoms with van der Waals surface area (Å²) in [6, 6.07) is 7.82. The van der Waals surface area contributed by atoms with Gasteiger partial charge >= 0.3 is 6.09 Å². The SMILES string of the molecule is CC(C)(C)C(Cc1cc(-c2ccsc2)n(S(=O)(=O)c2ccc(F)cc2)c1)NC(=O)O. The molecule has 0 radical (unpaired) electrons. The van der Waals surface area contributed by atoms with Crippen LogP contribution in [-0.2, 0) is 16.4 Å². The molecule has 30 heavy (non-hydrogen) atoms. The monoisotopic (exact) mass is 450 g/mol. The van der Waals surface area contributed by atoms with Crippen LogP contribution < -0.4 is 5.32 Å². The topological polar surface area (TPSA) is 88.4 Å². The highest BCUT2D eigenvalue weighted by molar-refractivity contribution is 7.90. The molecule has 1 atom stereocenters. The number of hydrogen-bond donors (Lipinski definition) is 2. The molecular formula is C21H23FN2O4S2. The molecule has 2 heterocycles. The Kier molecular flexibility index (Phi) is 6.05. The van der Waals surface area contributed by atoms with Crippen LogP contribution >= 0.6 is 11.3 Å². The van der Waals surface area contributed by atoms with Crippen molar-refractivity contribution in [3.05, 3.63) is 64.7 Å². The lowest BCUT2D eigenvalue weighted by Gasteiger charge is -2.30. The molecule has 0 aliphatic carbocycles. The first-order chi connectivity index (χ1) is 14.0. The standard InChI is InChI=1S/C21H23FN2O4S2/c1-21(2,3)19(23-20(25)26)11-14-10-18(15-8-9-29-13-15)24(12-14)30(27,28)17-6-4-16(22)5-7-17/h4-10,12-13,19,23H,11H2,1-3H3,(H,25,26). The van der Waals surface area contributed by atoms with Gasteiger partial charge in [-0.15, -0.1) is 0 Å². The van der Waals surface area contributed by atoms with Crippen LogP contribution in [0, 0.1) is 11.2 Å². The van der Waals surface area contributed by atoms with Crippen LogP contribution in [0.1, 0.15) is 26.3 Å². The number of nitrogens with zero attached hydrogens (tertiary/aromatic N) is 1. The van der Waals surface area contributed by atoms with Crippen LogP contribution in [-0.4, -0.2) is 29.6 Å². The minimum absolute atomic E-state index is 0.0291. The second kappa shape index (κ2) is 8.23. The lowest BCUT2D eigenvalue weighted by atomic mass is 9.83. The van der Waals surface area contributed by atoms with E-state index in [-0.39, 0.29) is 10.3 Å². The first-order valence-corrected chi connectivity index (χ1v) is 11.6. The van der Waals surface area contributed by atoms with E-state index in [0.29, 0.717) is 17.7 Å². The molecule has 1 unspecified atom stereocenters. The highest BCUT2D eigenvalue weighted by Gasteiger charge is 2.29. The highest BCUT2D eigenvalue weighted by atomic mass is 32.2. The van der Waals surface area contributed by atoms with Crippen molar-refractivity contribution >= 4 is 27.5 Å². The molecule has 6 nitrogen and oxygen atoms in total. The molecule has 1 aromatic carbocycles. The number of aromatic nitrogens is 1. The van der Waals surface area contributed by atoms with Crippen molar-refractivity contribution in [3.63, 3.8) is 0 Å². The number of halogens is 1. The normalized spacial score (nSPS) is 13.2. The fourth-order valence-electron chi connectivity index (χ4n) is 3.11. The van der Waals surface area contributed by atoms with E-state index in [2.05, 4.69) is 5.32 Å². The molecule has 3 aromatic rings. The predicted molar refractivity (Wildman–Crippen MR) is 115 cm³/mol. The van der Waals surface area contributed by atoms with Gasteiger partial charge in [0, 0.05) is 23.2 Å². The van der Waals surface area contributed by atoms with E-state index in [4.69, 9.17) is 0 Å². The van der Waals surface area contributed by atoms with E-state index < -0.39 is 28.0 Å². The van der Waals surface area contributed by atoms with Crippen LogP contribution in [0.25, 0.3) is 11.3 Å². The van der Waals surface area contributed by atoms with Crippen LogP contribution in [0.4, 0.5) is 9.18 Å². The molecule has 2 aromatic heterocycles. The molecule has 0 spiro atoms. The summed E-state index contributed by atoms with van der Waals surface area (Å²) in [6.45, 7) is 5.75. The average Bonchev–Trinajstić information content (AvgIpc) is 3.30. The Bertz CT molecular complexity index is 1130. The molecule has 0 saturated carbocycles. The molecular weight excluding hydrogens is 427 g/mol. The zero-order valence-electron chi connectivity index (χ0n) is 16.8. The lowest BCUT2D eigenvalue weighted by molar-refractivity contribution is 0.174. The quantitative estimate of drug-likeness (QED) is 0.564. The maximum absolute atomic E-state index is 13.3. The van der Waals surface area contributed by atoms with Gasteiger partial charge in [-0.3, -0.25) is 0 Å². The van der Waals surface area contributed by atoms with Crippen molar-refractivity contribution in [1.82, 2.24) is 9.29 Å². The van der Waals surface area contributed by atoms with Crippen molar-refractivity contribution in [1.29, 1.82) is 0 Å². The molecule has 160 valence electrons. The smallest absolute Gasteiger partial charge is 0.404 e. The number of rotatable bonds is 6. The maximum Gasteiger partial charge on any atom is 0.404 e. The number of carbonyl (C=O) groups is 1. The minimum Gasteiger partial charge on any atom is -0.465 e. The summed E-state index contributed by atoms with van der Waals surface area (Å²) in [6.07, 6.45) is 0.693. The number of thiophene rings is 1. The molecule has 0 aliphatic heterocycles. The first-order valence-electron chi connectivity index (χ1n) is 9.23. The van der Waals surface area contributed by atoms with Gasteiger partial charge in [0.15, 0.2) is 0 Å². The second-order valence-corrected chi connectivity index (χ2v) is 10.7. The Morgan fingerprint density at radius 3 is 2.43 bits per heavy atom. The van der Waals surface area contributed by atoms with E-state index in [0.717, 1.165) is 17.7 Å². The van der Waals surface area contributed by atoms with Gasteiger partial charge in [0.05, 0.1) is 10.6 Å². The van der Waals surface area contributed by atoms with Gasteiger partial charge in [-0.25, -0.2) is 21.6 Å². The molecule has 0 saturated heterocycles. The molecule has 9 heteroatoms. The molecule has 0 aliphatic rings. The summed E-state index contributed by atoms with van der Waals surface area (Å²) in [5.41, 5.74) is 1.50. The Morgan fingerprint density at radius 1 is 1.23 bits per heavy atom. The second-order valence-electron chi connectivity index (χ2n) is 8.07. The van der Waals surface area contributed by atoms with Gasteiger partial charge in [0.1, 0.15) is 5.82 Å². The van der Waals surface area contributed by atoms with Crippen molar-refractivity contribution in [2.75, 3.05) is 0 Å². The van der Waals surface area contributed by atoms with E-state index in [1.807, 2.05) is 37.6 Å². The minimum atomic E-state index is -3.97. The van der Waals surface area contributed by atoms with E-state index in [1.54, 1.807) is 6.07 Å². The fourth-order valence-corrected chi connectivity index (χ4v) is 5.15. The van der Waals surface area contributed by atoms with Crippen LogP contribution in [0.15, 0.2) is 58.3 Å². The van der Waals surface area contributed by atoms with Crippen LogP contribution in [0.5, 0.6) is 0 Å². The summed E-state index contributed by atoms with van der Waals surface area (Å²) < 4.78 is 41.0. The third-order valence-corrected chi connectivity index (χ3v) is 7.18. The van der Waals surface area contributed by atoms with Crippen molar-refractivity contribution in [2.24, 2.45) is 5.41 Å². The number of carboxylic acid groups (broad SMARTS) is 1. The summed E-state index contributed by atoms with van der Waals surface area (Å²) in [5, 5.41) is 15.4. The van der Waals surface area contributed by atoms with Gasteiger partial charge < -0.3 is 10.4 Å². The highest BCUT2D eigenvalue weighted by Crippen LogP contribution is 2.31. The summed E-state index contributed by atoms with van der Waals surface area (Å²) in [5.74, 6) is -0.520. The number of benzene rings is 1. The van der Waals surface area contributed by atoms with Crippen LogP contribution in [0.3, 0.4) is 0 Å². The Balaban J connectivity index is 2.08. The van der Waals surface area contributed by atoms with Gasteiger partial charge in [-0.1, -0.05) is 20.8 Å². The first kappa shape index (κ1) is 22.0. The number of hydrogen-bond acceptors (Lipinski definition) is 4. The van der Waals surface area contributed by atoms with Crippen molar-refractivity contribution in [2.45, 2.75) is 38.1 Å². The summed E-state index contributed by atoms with van der Waals surface area (Å²) in [7, 11) is -3.97. The predicted octanol–water partition coefficient (Wildman–Crippen LogP) is 4.82. The van der Waals surface area contributed by atoms with Crippen molar-refractivity contribution in [3.8, 4) is 11.3 Å². The largest absolute Gasteiger partial charge is 0.465 e. The Hall–Kier alpha value is -2.65. The van der Waals surface area contributed by atoms with E-state index in [1.165, 1.54) is 33.6 Å². The zero-order valence-corrected chi connectivity index (χ0v) is 18.4. The molecule has 1 amide bonds.